The Balaban J connectivity index is 2.23. The second-order valence-electron chi connectivity index (χ2n) is 3.38. The minimum atomic E-state index is -0.660. The quantitative estimate of drug-likeness (QED) is 0.549. The number of rotatable bonds is 1. The first kappa shape index (κ1) is 6.16. The molecule has 0 spiro atoms. The maximum atomic E-state index is 10.7. The summed E-state index contributed by atoms with van der Waals surface area (Å²) in [6.07, 6.45) is 2.77. The van der Waals surface area contributed by atoms with Gasteiger partial charge < -0.3 is 10.4 Å². The molecule has 2 atom stereocenters. The maximum absolute atomic E-state index is 10.7. The third kappa shape index (κ3) is 0.611. The van der Waals surface area contributed by atoms with Crippen molar-refractivity contribution in [1.29, 1.82) is 0 Å². The molecular formula is C7H11NO2. The Hall–Kier alpha value is -0.570. The summed E-state index contributed by atoms with van der Waals surface area (Å²) in [5, 5.41) is 11.9. The zero-order chi connectivity index (χ0) is 7.19. The topological polar surface area (TPSA) is 49.3 Å². The number of nitrogens with one attached hydrogen (secondary N) is 1. The molecule has 56 valence electrons. The van der Waals surface area contributed by atoms with E-state index in [-0.39, 0.29) is 0 Å². The molecule has 2 N–H and O–H groups in total. The fourth-order valence-corrected chi connectivity index (χ4v) is 2.09. The lowest BCUT2D eigenvalue weighted by Crippen LogP contribution is -2.47. The molecule has 3 heteroatoms. The lowest BCUT2D eigenvalue weighted by molar-refractivity contribution is -0.144. The van der Waals surface area contributed by atoms with Crippen LogP contribution in [0.2, 0.25) is 0 Å². The summed E-state index contributed by atoms with van der Waals surface area (Å²) in [5.41, 5.74) is -0.523. The van der Waals surface area contributed by atoms with E-state index >= 15 is 0 Å². The summed E-state index contributed by atoms with van der Waals surface area (Å²) in [5.74, 6) is -0.0244. The van der Waals surface area contributed by atoms with E-state index in [1.54, 1.807) is 0 Å². The van der Waals surface area contributed by atoms with E-state index in [2.05, 4.69) is 5.32 Å². The van der Waals surface area contributed by atoms with Crippen molar-refractivity contribution in [3.05, 3.63) is 0 Å². The largest absolute Gasteiger partial charge is 0.480 e. The van der Waals surface area contributed by atoms with Crippen LogP contribution in [0.1, 0.15) is 19.3 Å². The number of piperidine rings is 1. The molecule has 0 aromatic rings. The molecule has 2 fully saturated rings. The van der Waals surface area contributed by atoms with Crippen molar-refractivity contribution in [1.82, 2.24) is 5.32 Å². The molecular weight excluding hydrogens is 130 g/mol. The van der Waals surface area contributed by atoms with Crippen LogP contribution >= 0.6 is 0 Å². The molecule has 1 saturated carbocycles. The van der Waals surface area contributed by atoms with Crippen LogP contribution in [0, 0.1) is 5.92 Å². The molecule has 2 rings (SSSR count). The van der Waals surface area contributed by atoms with Crippen LogP contribution in [0.25, 0.3) is 0 Å². The zero-order valence-corrected chi connectivity index (χ0v) is 5.76. The van der Waals surface area contributed by atoms with Gasteiger partial charge in [-0.2, -0.15) is 0 Å². The Bertz CT molecular complexity index is 170. The van der Waals surface area contributed by atoms with Crippen LogP contribution in [0.5, 0.6) is 0 Å². The average Bonchev–Trinajstić information content (AvgIpc) is 2.45. The first-order valence-corrected chi connectivity index (χ1v) is 3.71. The van der Waals surface area contributed by atoms with E-state index in [4.69, 9.17) is 5.11 Å². The van der Waals surface area contributed by atoms with Crippen LogP contribution in [0.15, 0.2) is 0 Å². The highest BCUT2D eigenvalue weighted by atomic mass is 16.4. The normalized spacial score (nSPS) is 44.2. The van der Waals surface area contributed by atoms with Gasteiger partial charge in [0.1, 0.15) is 5.54 Å². The Kier molecular flexibility index (Phi) is 1.06. The van der Waals surface area contributed by atoms with E-state index in [1.807, 2.05) is 0 Å². The maximum Gasteiger partial charge on any atom is 0.323 e. The van der Waals surface area contributed by atoms with Gasteiger partial charge in [0.2, 0.25) is 0 Å². The molecule has 10 heavy (non-hydrogen) atoms. The van der Waals surface area contributed by atoms with Crippen molar-refractivity contribution >= 4 is 5.97 Å². The minimum Gasteiger partial charge on any atom is -0.480 e. The predicted molar refractivity (Wildman–Crippen MR) is 35.7 cm³/mol. The molecule has 0 unspecified atom stereocenters. The number of fused-ring (bicyclic) bond motifs is 2. The fraction of sp³-hybridized carbons (Fsp3) is 0.857. The number of hydrogen-bond donors (Lipinski definition) is 2. The van der Waals surface area contributed by atoms with Gasteiger partial charge in [0.15, 0.2) is 0 Å². The molecule has 1 aliphatic carbocycles. The van der Waals surface area contributed by atoms with Gasteiger partial charge >= 0.3 is 5.97 Å². The van der Waals surface area contributed by atoms with E-state index in [0.29, 0.717) is 5.92 Å². The number of hydrogen-bond acceptors (Lipinski definition) is 2. The van der Waals surface area contributed by atoms with E-state index < -0.39 is 11.5 Å². The summed E-state index contributed by atoms with van der Waals surface area (Å²) in [6.45, 7) is 0.909. The monoisotopic (exact) mass is 141 g/mol. The highest BCUT2D eigenvalue weighted by Crippen LogP contribution is 2.39. The van der Waals surface area contributed by atoms with Crippen molar-refractivity contribution < 1.29 is 9.90 Å². The molecule has 0 amide bonds. The summed E-state index contributed by atoms with van der Waals surface area (Å²) in [6, 6.07) is 0. The van der Waals surface area contributed by atoms with Crippen LogP contribution in [0.3, 0.4) is 0 Å². The Morgan fingerprint density at radius 3 is 2.70 bits per heavy atom. The molecule has 1 aliphatic heterocycles. The summed E-state index contributed by atoms with van der Waals surface area (Å²) in [7, 11) is 0. The lowest BCUT2D eigenvalue weighted by Gasteiger charge is -2.21. The van der Waals surface area contributed by atoms with Crippen molar-refractivity contribution in [2.75, 3.05) is 6.54 Å². The van der Waals surface area contributed by atoms with E-state index in [9.17, 15) is 4.79 Å². The third-order valence-corrected chi connectivity index (χ3v) is 2.76. The SMILES string of the molecule is O=C(O)[C@@]12CC[C@@H](CN1)C2. The van der Waals surface area contributed by atoms with Gasteiger partial charge in [0, 0.05) is 0 Å². The number of aliphatic carboxylic acids is 1. The first-order valence-electron chi connectivity index (χ1n) is 3.71. The zero-order valence-electron chi connectivity index (χ0n) is 5.76. The molecule has 1 saturated heterocycles. The molecule has 1 heterocycles. The van der Waals surface area contributed by atoms with Crippen molar-refractivity contribution in [2.45, 2.75) is 24.8 Å². The third-order valence-electron chi connectivity index (χ3n) is 2.76. The van der Waals surface area contributed by atoms with Gasteiger partial charge in [-0.3, -0.25) is 4.79 Å². The standard InChI is InChI=1S/C7H11NO2/c9-6(10)7-2-1-5(3-7)4-8-7/h5,8H,1-4H2,(H,9,10)/t5-,7+/m1/s1. The van der Waals surface area contributed by atoms with Gasteiger partial charge in [-0.15, -0.1) is 0 Å². The Morgan fingerprint density at radius 1 is 1.70 bits per heavy atom. The molecule has 0 aromatic carbocycles. The smallest absolute Gasteiger partial charge is 0.323 e. The van der Waals surface area contributed by atoms with Gasteiger partial charge in [0.25, 0.3) is 0 Å². The Labute approximate surface area is 59.4 Å². The van der Waals surface area contributed by atoms with Crippen molar-refractivity contribution in [2.24, 2.45) is 5.92 Å². The summed E-state index contributed by atoms with van der Waals surface area (Å²) >= 11 is 0. The number of carboxylic acids is 1. The highest BCUT2D eigenvalue weighted by Gasteiger charge is 2.50. The van der Waals surface area contributed by atoms with Crippen LogP contribution in [-0.2, 0) is 4.79 Å². The average molecular weight is 141 g/mol. The Morgan fingerprint density at radius 2 is 2.50 bits per heavy atom. The number of carboxylic acid groups (broad SMARTS) is 1. The molecule has 0 radical (unpaired) electrons. The first-order chi connectivity index (χ1) is 4.73. The van der Waals surface area contributed by atoms with Crippen LogP contribution < -0.4 is 5.32 Å². The summed E-state index contributed by atoms with van der Waals surface area (Å²) < 4.78 is 0. The van der Waals surface area contributed by atoms with Crippen LogP contribution in [0.4, 0.5) is 0 Å². The van der Waals surface area contributed by atoms with Gasteiger partial charge in [-0.25, -0.2) is 0 Å². The van der Waals surface area contributed by atoms with Gasteiger partial charge in [-0.1, -0.05) is 0 Å². The fourth-order valence-electron chi connectivity index (χ4n) is 2.09. The molecule has 2 aliphatic rings. The van der Waals surface area contributed by atoms with E-state index in [0.717, 1.165) is 25.8 Å². The van der Waals surface area contributed by atoms with Crippen molar-refractivity contribution in [3.63, 3.8) is 0 Å². The second kappa shape index (κ2) is 1.72. The highest BCUT2D eigenvalue weighted by molar-refractivity contribution is 5.79. The molecule has 3 nitrogen and oxygen atoms in total. The van der Waals surface area contributed by atoms with Crippen LogP contribution in [-0.4, -0.2) is 23.2 Å². The lowest BCUT2D eigenvalue weighted by atomic mass is 10.0. The molecule has 0 aromatic heterocycles. The summed E-state index contributed by atoms with van der Waals surface area (Å²) in [4.78, 5) is 10.7. The number of carbonyl (C=O) groups is 1. The van der Waals surface area contributed by atoms with Gasteiger partial charge in [-0.05, 0) is 31.7 Å². The molecule has 2 bridgehead atoms. The van der Waals surface area contributed by atoms with Gasteiger partial charge in [0.05, 0.1) is 0 Å². The predicted octanol–water partition coefficient (Wildman–Crippen LogP) is 0.213. The second-order valence-corrected chi connectivity index (χ2v) is 3.38. The van der Waals surface area contributed by atoms with Crippen molar-refractivity contribution in [3.8, 4) is 0 Å². The van der Waals surface area contributed by atoms with E-state index in [1.165, 1.54) is 0 Å². The minimum absolute atomic E-state index is 0.523.